The molecule has 0 aliphatic rings. The molecule has 0 bridgehead atoms. The number of carbonyl (C=O) groups excluding carboxylic acids is 1. The molecule has 0 spiro atoms. The minimum Gasteiger partial charge on any atom is -0.496 e. The monoisotopic (exact) mass is 251 g/mol. The highest BCUT2D eigenvalue weighted by Gasteiger charge is 2.41. The van der Waals surface area contributed by atoms with Crippen molar-refractivity contribution >= 4 is 11.9 Å². The molecule has 2 N–H and O–H groups in total. The first-order valence-electron chi connectivity index (χ1n) is 5.53. The van der Waals surface area contributed by atoms with Crippen LogP contribution in [0.25, 0.3) is 0 Å². The van der Waals surface area contributed by atoms with E-state index in [9.17, 15) is 14.7 Å². The van der Waals surface area contributed by atoms with E-state index >= 15 is 0 Å². The van der Waals surface area contributed by atoms with Crippen molar-refractivity contribution in [3.8, 4) is 5.75 Å². The summed E-state index contributed by atoms with van der Waals surface area (Å²) in [5.41, 5.74) is -0.822. The average molecular weight is 251 g/mol. The first-order valence-corrected chi connectivity index (χ1v) is 5.53. The summed E-state index contributed by atoms with van der Waals surface area (Å²) in [6.07, 6.45) is 0.0754. The van der Waals surface area contributed by atoms with Gasteiger partial charge in [-0.1, -0.05) is 18.2 Å². The molecule has 1 amide bonds. The zero-order valence-electron chi connectivity index (χ0n) is 10.7. The van der Waals surface area contributed by atoms with Crippen molar-refractivity contribution in [2.24, 2.45) is 5.41 Å². The van der Waals surface area contributed by atoms with Gasteiger partial charge in [-0.15, -0.1) is 0 Å². The Morgan fingerprint density at radius 3 is 2.50 bits per heavy atom. The van der Waals surface area contributed by atoms with Crippen molar-refractivity contribution < 1.29 is 19.4 Å². The molecule has 0 aliphatic heterocycles. The van der Waals surface area contributed by atoms with Gasteiger partial charge in [-0.25, -0.2) is 0 Å². The van der Waals surface area contributed by atoms with Crippen molar-refractivity contribution in [1.29, 1.82) is 0 Å². The molecule has 5 nitrogen and oxygen atoms in total. The van der Waals surface area contributed by atoms with E-state index in [2.05, 4.69) is 5.32 Å². The molecule has 1 unspecified atom stereocenters. The molecule has 0 aromatic heterocycles. The number of amides is 1. The van der Waals surface area contributed by atoms with Gasteiger partial charge in [0.15, 0.2) is 0 Å². The van der Waals surface area contributed by atoms with Crippen LogP contribution in [0, 0.1) is 5.41 Å². The third-order valence-corrected chi connectivity index (χ3v) is 2.94. The predicted octanol–water partition coefficient (Wildman–Crippen LogP) is 1.07. The van der Waals surface area contributed by atoms with Crippen LogP contribution in [-0.2, 0) is 16.0 Å². The number of nitrogens with one attached hydrogen (secondary N) is 1. The van der Waals surface area contributed by atoms with Crippen LogP contribution in [-0.4, -0.2) is 31.1 Å². The number of carboxylic acids is 1. The molecule has 1 atom stereocenters. The second-order valence-electron chi connectivity index (χ2n) is 4.21. The summed E-state index contributed by atoms with van der Waals surface area (Å²) in [6.45, 7) is 1.40. The van der Waals surface area contributed by atoms with E-state index in [0.717, 1.165) is 0 Å². The second-order valence-corrected chi connectivity index (χ2v) is 4.21. The van der Waals surface area contributed by atoms with E-state index < -0.39 is 17.3 Å². The summed E-state index contributed by atoms with van der Waals surface area (Å²) in [5, 5.41) is 11.6. The molecular formula is C13H17NO4. The van der Waals surface area contributed by atoms with Crippen molar-refractivity contribution in [1.82, 2.24) is 5.32 Å². The Balaban J connectivity index is 3.12. The number of ether oxygens (including phenoxy) is 1. The van der Waals surface area contributed by atoms with Crippen molar-refractivity contribution in [3.63, 3.8) is 0 Å². The van der Waals surface area contributed by atoms with Gasteiger partial charge < -0.3 is 15.2 Å². The van der Waals surface area contributed by atoms with Gasteiger partial charge in [-0.2, -0.15) is 0 Å². The summed E-state index contributed by atoms with van der Waals surface area (Å²) >= 11 is 0. The Bertz CT molecular complexity index is 458. The minimum atomic E-state index is -1.51. The van der Waals surface area contributed by atoms with Crippen LogP contribution in [0.2, 0.25) is 0 Å². The molecular weight excluding hydrogens is 234 g/mol. The molecule has 5 heteroatoms. The van der Waals surface area contributed by atoms with Crippen LogP contribution in [0.3, 0.4) is 0 Å². The fourth-order valence-electron chi connectivity index (χ4n) is 1.76. The van der Waals surface area contributed by atoms with Gasteiger partial charge in [0.2, 0.25) is 5.91 Å². The van der Waals surface area contributed by atoms with Crippen LogP contribution in [0.5, 0.6) is 5.75 Å². The van der Waals surface area contributed by atoms with Crippen molar-refractivity contribution in [3.05, 3.63) is 29.8 Å². The number of hydrogen-bond acceptors (Lipinski definition) is 3. The molecule has 1 aromatic carbocycles. The SMILES string of the molecule is CNC(=O)C(C)(Cc1ccccc1OC)C(=O)O. The molecule has 0 heterocycles. The van der Waals surface area contributed by atoms with Crippen LogP contribution in [0.4, 0.5) is 0 Å². The molecule has 0 radical (unpaired) electrons. The van der Waals surface area contributed by atoms with Crippen molar-refractivity contribution in [2.75, 3.05) is 14.2 Å². The largest absolute Gasteiger partial charge is 0.496 e. The Labute approximate surface area is 106 Å². The van der Waals surface area contributed by atoms with Crippen LogP contribution in [0.15, 0.2) is 24.3 Å². The van der Waals surface area contributed by atoms with Gasteiger partial charge in [0, 0.05) is 13.5 Å². The minimum absolute atomic E-state index is 0.0754. The molecule has 1 aromatic rings. The van der Waals surface area contributed by atoms with Gasteiger partial charge in [-0.3, -0.25) is 9.59 Å². The summed E-state index contributed by atoms with van der Waals surface area (Å²) in [7, 11) is 2.93. The zero-order chi connectivity index (χ0) is 13.8. The zero-order valence-corrected chi connectivity index (χ0v) is 10.7. The Hall–Kier alpha value is -2.04. The molecule has 1 rings (SSSR count). The number of methoxy groups -OCH3 is 1. The second kappa shape index (κ2) is 5.53. The quantitative estimate of drug-likeness (QED) is 0.768. The van der Waals surface area contributed by atoms with Crippen LogP contribution >= 0.6 is 0 Å². The smallest absolute Gasteiger partial charge is 0.319 e. The molecule has 0 fully saturated rings. The normalized spacial score (nSPS) is 13.5. The number of hydrogen-bond donors (Lipinski definition) is 2. The number of para-hydroxylation sites is 1. The average Bonchev–Trinajstić information content (AvgIpc) is 2.37. The lowest BCUT2D eigenvalue weighted by molar-refractivity contribution is -0.154. The number of aliphatic carboxylic acids is 1. The number of benzene rings is 1. The fraction of sp³-hybridized carbons (Fsp3) is 0.385. The van der Waals surface area contributed by atoms with Gasteiger partial charge in [0.1, 0.15) is 11.2 Å². The van der Waals surface area contributed by atoms with E-state index in [0.29, 0.717) is 11.3 Å². The predicted molar refractivity (Wildman–Crippen MR) is 66.5 cm³/mol. The Morgan fingerprint density at radius 2 is 2.00 bits per heavy atom. The summed E-state index contributed by atoms with van der Waals surface area (Å²) in [6, 6.07) is 7.06. The first-order chi connectivity index (χ1) is 8.45. The van der Waals surface area contributed by atoms with E-state index in [-0.39, 0.29) is 6.42 Å². The maximum Gasteiger partial charge on any atom is 0.319 e. The van der Waals surface area contributed by atoms with Gasteiger partial charge in [-0.05, 0) is 18.6 Å². The number of carbonyl (C=O) groups is 2. The summed E-state index contributed by atoms with van der Waals surface area (Å²) < 4.78 is 5.16. The molecule has 98 valence electrons. The van der Waals surface area contributed by atoms with Crippen LogP contribution in [0.1, 0.15) is 12.5 Å². The molecule has 18 heavy (non-hydrogen) atoms. The highest BCUT2D eigenvalue weighted by molar-refractivity contribution is 6.01. The van der Waals surface area contributed by atoms with E-state index in [1.807, 2.05) is 0 Å². The first kappa shape index (κ1) is 14.0. The van der Waals surface area contributed by atoms with E-state index in [4.69, 9.17) is 4.74 Å². The molecule has 0 aliphatic carbocycles. The fourth-order valence-corrected chi connectivity index (χ4v) is 1.76. The number of carboxylic acid groups (broad SMARTS) is 1. The standard InChI is InChI=1S/C13H17NO4/c1-13(12(16)17,11(15)14-2)8-9-6-4-5-7-10(9)18-3/h4-7H,8H2,1-3H3,(H,14,15)(H,16,17). The van der Waals surface area contributed by atoms with Crippen LogP contribution < -0.4 is 10.1 Å². The topological polar surface area (TPSA) is 75.6 Å². The maximum atomic E-state index is 11.7. The number of rotatable bonds is 5. The van der Waals surface area contributed by atoms with Gasteiger partial charge >= 0.3 is 5.97 Å². The lowest BCUT2D eigenvalue weighted by atomic mass is 9.82. The highest BCUT2D eigenvalue weighted by Crippen LogP contribution is 2.28. The van der Waals surface area contributed by atoms with E-state index in [1.54, 1.807) is 24.3 Å². The lowest BCUT2D eigenvalue weighted by Crippen LogP contribution is -2.44. The Kier molecular flexibility index (Phi) is 4.31. The third-order valence-electron chi connectivity index (χ3n) is 2.94. The molecule has 0 saturated heterocycles. The molecule has 0 saturated carbocycles. The highest BCUT2D eigenvalue weighted by atomic mass is 16.5. The van der Waals surface area contributed by atoms with Gasteiger partial charge in [0.05, 0.1) is 7.11 Å². The summed E-state index contributed by atoms with van der Waals surface area (Å²) in [5.74, 6) is -1.11. The lowest BCUT2D eigenvalue weighted by Gasteiger charge is -2.23. The maximum absolute atomic E-state index is 11.7. The van der Waals surface area contributed by atoms with Gasteiger partial charge in [0.25, 0.3) is 0 Å². The summed E-state index contributed by atoms with van der Waals surface area (Å²) in [4.78, 5) is 23.1. The third kappa shape index (κ3) is 2.61. The van der Waals surface area contributed by atoms with E-state index in [1.165, 1.54) is 21.1 Å². The Morgan fingerprint density at radius 1 is 1.39 bits per heavy atom. The van der Waals surface area contributed by atoms with Crippen molar-refractivity contribution in [2.45, 2.75) is 13.3 Å².